The monoisotopic (exact) mass is 371 g/mol. The molecule has 0 fully saturated rings. The molecule has 0 aromatic rings. The number of aliphatic hydroxyl groups is 2. The van der Waals surface area contributed by atoms with Crippen LogP contribution in [0.3, 0.4) is 0 Å². The van der Waals surface area contributed by atoms with Crippen molar-refractivity contribution in [1.82, 2.24) is 5.32 Å². The second-order valence-corrected chi connectivity index (χ2v) is 9.68. The van der Waals surface area contributed by atoms with Gasteiger partial charge in [0.2, 0.25) is 0 Å². The van der Waals surface area contributed by atoms with E-state index in [-0.39, 0.29) is 11.9 Å². The summed E-state index contributed by atoms with van der Waals surface area (Å²) in [6.07, 6.45) is 3.71. The van der Waals surface area contributed by atoms with Crippen molar-refractivity contribution < 1.29 is 14.9 Å². The summed E-state index contributed by atoms with van der Waals surface area (Å²) in [7, 11) is 5.82. The summed E-state index contributed by atoms with van der Waals surface area (Å²) < 4.78 is 5.56. The molecule has 0 heterocycles. The quantitative estimate of drug-likeness (QED) is 0.339. The summed E-state index contributed by atoms with van der Waals surface area (Å²) in [6.45, 7) is 20.2. The van der Waals surface area contributed by atoms with E-state index in [1.165, 1.54) is 0 Å². The molecule has 0 aromatic carbocycles. The average Bonchev–Trinajstić information content (AvgIpc) is 2.46. The molecule has 26 heavy (non-hydrogen) atoms. The highest BCUT2D eigenvalue weighted by Crippen LogP contribution is 2.30. The summed E-state index contributed by atoms with van der Waals surface area (Å²) in [5.74, 6) is 0.692. The minimum atomic E-state index is -0.543. The molecule has 4 nitrogen and oxygen atoms in total. The molecule has 0 unspecified atom stereocenters. The maximum atomic E-state index is 9.35. The van der Waals surface area contributed by atoms with Crippen molar-refractivity contribution >= 4 is 7.85 Å². The molecule has 0 aliphatic rings. The molecule has 0 aliphatic heterocycles. The first-order valence-corrected chi connectivity index (χ1v) is 10.1. The maximum absolute atomic E-state index is 9.35. The van der Waals surface area contributed by atoms with Crippen molar-refractivity contribution in [2.24, 2.45) is 11.3 Å². The lowest BCUT2D eigenvalue weighted by Gasteiger charge is -2.29. The molecule has 0 rings (SSSR count). The van der Waals surface area contributed by atoms with Gasteiger partial charge in [-0.1, -0.05) is 41.5 Å². The van der Waals surface area contributed by atoms with Crippen molar-refractivity contribution in [2.45, 2.75) is 92.0 Å². The zero-order valence-electron chi connectivity index (χ0n) is 18.8. The van der Waals surface area contributed by atoms with Crippen LogP contribution >= 0.6 is 0 Å². The van der Waals surface area contributed by atoms with Gasteiger partial charge in [0.15, 0.2) is 0 Å². The number of rotatable bonds is 13. The van der Waals surface area contributed by atoms with Gasteiger partial charge in [-0.15, -0.1) is 0 Å². The number of hydrogen-bond acceptors (Lipinski definition) is 4. The van der Waals surface area contributed by atoms with Gasteiger partial charge in [0.1, 0.15) is 0 Å². The molecule has 156 valence electrons. The van der Waals surface area contributed by atoms with E-state index < -0.39 is 5.60 Å². The van der Waals surface area contributed by atoms with Crippen molar-refractivity contribution in [1.29, 1.82) is 0 Å². The molecular weight excluding hydrogens is 325 g/mol. The van der Waals surface area contributed by atoms with Gasteiger partial charge in [-0.25, -0.2) is 0 Å². The first-order chi connectivity index (χ1) is 11.7. The zero-order chi connectivity index (χ0) is 20.9. The van der Waals surface area contributed by atoms with Gasteiger partial charge in [-0.05, 0) is 69.3 Å². The third kappa shape index (κ3) is 21.9. The lowest BCUT2D eigenvalue weighted by Crippen LogP contribution is -2.23. The molecule has 0 aliphatic carbocycles. The molecule has 5 heteroatoms. The molecular formula is C21H46BNO3. The minimum Gasteiger partial charge on any atom is -0.396 e. The first-order valence-electron chi connectivity index (χ1n) is 10.1. The SMILES string of the molecule is CC(C)(O)CCCNCCCO.[B]C(C)(C)COCCC(C)(C)C(C)C. The second-order valence-electron chi connectivity index (χ2n) is 9.68. The topological polar surface area (TPSA) is 61.7 Å². The summed E-state index contributed by atoms with van der Waals surface area (Å²) >= 11 is 0. The van der Waals surface area contributed by atoms with Gasteiger partial charge >= 0.3 is 0 Å². The molecule has 0 amide bonds. The van der Waals surface area contributed by atoms with Gasteiger partial charge in [-0.2, -0.15) is 0 Å². The van der Waals surface area contributed by atoms with Crippen molar-refractivity contribution in [2.75, 3.05) is 32.9 Å². The lowest BCUT2D eigenvalue weighted by molar-refractivity contribution is 0.0688. The fraction of sp³-hybridized carbons (Fsp3) is 1.00. The van der Waals surface area contributed by atoms with Crippen molar-refractivity contribution in [3.05, 3.63) is 0 Å². The third-order valence-corrected chi connectivity index (χ3v) is 4.58. The Morgan fingerprint density at radius 2 is 1.50 bits per heavy atom. The van der Waals surface area contributed by atoms with Gasteiger partial charge in [-0.3, -0.25) is 0 Å². The van der Waals surface area contributed by atoms with Crippen LogP contribution in [0.25, 0.3) is 0 Å². The Balaban J connectivity index is 0. The average molecular weight is 371 g/mol. The molecule has 0 saturated carbocycles. The van der Waals surface area contributed by atoms with E-state index in [9.17, 15) is 5.11 Å². The number of ether oxygens (including phenoxy) is 1. The van der Waals surface area contributed by atoms with Crippen LogP contribution in [-0.2, 0) is 4.74 Å². The Labute approximate surface area is 164 Å². The normalized spacial score (nSPS) is 12.9. The fourth-order valence-electron chi connectivity index (χ4n) is 1.93. The molecule has 0 bridgehead atoms. The van der Waals surface area contributed by atoms with Crippen LogP contribution in [0.1, 0.15) is 81.1 Å². The number of aliphatic hydroxyl groups excluding tert-OH is 1. The predicted octanol–water partition coefficient (Wildman–Crippen LogP) is 3.95. The van der Waals surface area contributed by atoms with Crippen molar-refractivity contribution in [3.8, 4) is 0 Å². The second kappa shape index (κ2) is 14.0. The Morgan fingerprint density at radius 3 is 1.92 bits per heavy atom. The van der Waals surface area contributed by atoms with Crippen LogP contribution < -0.4 is 5.32 Å². The molecule has 3 N–H and O–H groups in total. The minimum absolute atomic E-state index is 0.206. The van der Waals surface area contributed by atoms with E-state index >= 15 is 0 Å². The van der Waals surface area contributed by atoms with Crippen LogP contribution in [0.5, 0.6) is 0 Å². The van der Waals surface area contributed by atoms with Gasteiger partial charge < -0.3 is 20.3 Å². The molecule has 0 atom stereocenters. The molecule has 2 radical (unpaired) electrons. The van der Waals surface area contributed by atoms with E-state index in [2.05, 4.69) is 33.0 Å². The zero-order valence-corrected chi connectivity index (χ0v) is 18.8. The van der Waals surface area contributed by atoms with Crippen LogP contribution in [0.2, 0.25) is 5.31 Å². The Morgan fingerprint density at radius 1 is 0.962 bits per heavy atom. The van der Waals surface area contributed by atoms with Gasteiger partial charge in [0.25, 0.3) is 0 Å². The van der Waals surface area contributed by atoms with Crippen LogP contribution in [-0.4, -0.2) is 56.6 Å². The summed E-state index contributed by atoms with van der Waals surface area (Å²) in [4.78, 5) is 0. The van der Waals surface area contributed by atoms with Gasteiger partial charge in [0, 0.05) is 19.8 Å². The maximum Gasteiger partial charge on any atom is 0.0770 e. The molecule has 0 saturated heterocycles. The fourth-order valence-corrected chi connectivity index (χ4v) is 1.93. The number of hydrogen-bond donors (Lipinski definition) is 3. The van der Waals surface area contributed by atoms with E-state index in [0.717, 1.165) is 45.4 Å². The van der Waals surface area contributed by atoms with Crippen molar-refractivity contribution in [3.63, 3.8) is 0 Å². The highest BCUT2D eigenvalue weighted by Gasteiger charge is 2.22. The predicted molar refractivity (Wildman–Crippen MR) is 114 cm³/mol. The smallest absolute Gasteiger partial charge is 0.0770 e. The Bertz CT molecular complexity index is 320. The largest absolute Gasteiger partial charge is 0.396 e. The third-order valence-electron chi connectivity index (χ3n) is 4.58. The van der Waals surface area contributed by atoms with E-state index in [1.54, 1.807) is 0 Å². The number of nitrogens with one attached hydrogen (secondary N) is 1. The van der Waals surface area contributed by atoms with E-state index in [0.29, 0.717) is 17.9 Å². The summed E-state index contributed by atoms with van der Waals surface area (Å²) in [6, 6.07) is 0. The van der Waals surface area contributed by atoms with E-state index in [4.69, 9.17) is 17.7 Å². The highest BCUT2D eigenvalue weighted by atomic mass is 16.5. The van der Waals surface area contributed by atoms with Crippen LogP contribution in [0.15, 0.2) is 0 Å². The molecule has 0 spiro atoms. The van der Waals surface area contributed by atoms with Crippen LogP contribution in [0, 0.1) is 11.3 Å². The standard InChI is InChI=1S/C12H25BO.C9H21NO2/c1-10(2)11(3,4)7-8-14-9-12(5,6)13;1-9(2,12)5-3-6-10-7-4-8-11/h10H,7-9H2,1-6H3;10-12H,3-8H2,1-2H3. The Kier molecular flexibility index (Phi) is 15.1. The van der Waals surface area contributed by atoms with E-state index in [1.807, 2.05) is 27.7 Å². The molecule has 0 aromatic heterocycles. The van der Waals surface area contributed by atoms with Crippen LogP contribution in [0.4, 0.5) is 0 Å². The summed E-state index contributed by atoms with van der Waals surface area (Å²) in [5, 5.41) is 20.8. The first kappa shape index (κ1) is 28.1. The highest BCUT2D eigenvalue weighted by molar-refractivity contribution is 6.14. The lowest BCUT2D eigenvalue weighted by atomic mass is 9.73. The Hall–Kier alpha value is -0.0951. The van der Waals surface area contributed by atoms with Gasteiger partial charge in [0.05, 0.1) is 13.4 Å². The summed E-state index contributed by atoms with van der Waals surface area (Å²) in [5.41, 5.74) is -0.183.